The van der Waals surface area contributed by atoms with E-state index in [-0.39, 0.29) is 12.4 Å². The number of rotatable bonds is 1. The van der Waals surface area contributed by atoms with Gasteiger partial charge in [0, 0.05) is 10.6 Å². The summed E-state index contributed by atoms with van der Waals surface area (Å²) in [4.78, 5) is 0.593. The van der Waals surface area contributed by atoms with E-state index in [1.165, 1.54) is 17.8 Å². The molecule has 1 atom stereocenters. The number of fused-ring (bicyclic) bond motifs is 1. The maximum atomic E-state index is 13.4. The third kappa shape index (κ3) is 1.43. The van der Waals surface area contributed by atoms with E-state index in [0.29, 0.717) is 11.3 Å². The maximum absolute atomic E-state index is 13.4. The van der Waals surface area contributed by atoms with Gasteiger partial charge in [0.15, 0.2) is 0 Å². The lowest BCUT2D eigenvalue weighted by atomic mass is 9.88. The molecule has 2 nitrogen and oxygen atoms in total. The molecule has 0 radical (unpaired) electrons. The van der Waals surface area contributed by atoms with Crippen molar-refractivity contribution in [3.63, 3.8) is 0 Å². The highest BCUT2D eigenvalue weighted by Crippen LogP contribution is 2.39. The Balaban J connectivity index is 2.55. The number of aliphatic hydroxyl groups excluding tert-OH is 1. The van der Waals surface area contributed by atoms with Crippen LogP contribution in [0.15, 0.2) is 23.1 Å². The van der Waals surface area contributed by atoms with Gasteiger partial charge in [0.25, 0.3) is 0 Å². The first kappa shape index (κ1) is 9.96. The molecule has 0 fully saturated rings. The number of thioether (sulfide) groups is 1. The van der Waals surface area contributed by atoms with Gasteiger partial charge in [0.1, 0.15) is 5.82 Å². The van der Waals surface area contributed by atoms with Crippen LogP contribution in [-0.4, -0.2) is 17.5 Å². The van der Waals surface area contributed by atoms with Gasteiger partial charge >= 0.3 is 0 Å². The normalized spacial score (nSPS) is 25.9. The molecule has 0 aliphatic carbocycles. The number of hydrogen-bond donors (Lipinski definition) is 2. The predicted octanol–water partition coefficient (Wildman–Crippen LogP) is 1.47. The van der Waals surface area contributed by atoms with Crippen LogP contribution in [0.3, 0.4) is 0 Å². The fourth-order valence-corrected chi connectivity index (χ4v) is 2.98. The number of benzene rings is 1. The predicted molar refractivity (Wildman–Crippen MR) is 54.7 cm³/mol. The second-order valence-electron chi connectivity index (χ2n) is 3.53. The van der Waals surface area contributed by atoms with Gasteiger partial charge in [0.05, 0.1) is 12.1 Å². The lowest BCUT2D eigenvalue weighted by Gasteiger charge is -2.33. The van der Waals surface area contributed by atoms with E-state index in [9.17, 15) is 9.50 Å². The maximum Gasteiger partial charge on any atom is 0.137 e. The zero-order valence-electron chi connectivity index (χ0n) is 7.66. The minimum Gasteiger partial charge on any atom is -0.394 e. The van der Waals surface area contributed by atoms with Gasteiger partial charge in [-0.2, -0.15) is 0 Å². The number of nitrogens with two attached hydrogens (primary N) is 1. The lowest BCUT2D eigenvalue weighted by molar-refractivity contribution is 0.189. The monoisotopic (exact) mass is 213 g/mol. The summed E-state index contributed by atoms with van der Waals surface area (Å²) < 4.78 is 13.4. The summed E-state index contributed by atoms with van der Waals surface area (Å²) in [5, 5.41) is 9.23. The highest BCUT2D eigenvalue weighted by atomic mass is 32.2. The minimum absolute atomic E-state index is 0.135. The molecular weight excluding hydrogens is 201 g/mol. The molecule has 2 rings (SSSR count). The van der Waals surface area contributed by atoms with Crippen molar-refractivity contribution in [3.05, 3.63) is 29.6 Å². The Morgan fingerprint density at radius 3 is 3.07 bits per heavy atom. The first-order chi connectivity index (χ1) is 6.67. The molecule has 4 heteroatoms. The van der Waals surface area contributed by atoms with Gasteiger partial charge in [-0.25, -0.2) is 4.39 Å². The zero-order chi connectivity index (χ0) is 10.2. The SMILES string of the molecule is N[C@]1(CO)CCSc2c(F)cccc21. The smallest absolute Gasteiger partial charge is 0.137 e. The summed E-state index contributed by atoms with van der Waals surface area (Å²) in [6.45, 7) is -0.135. The quantitative estimate of drug-likeness (QED) is 0.742. The Kier molecular flexibility index (Phi) is 2.51. The summed E-state index contributed by atoms with van der Waals surface area (Å²) in [7, 11) is 0. The third-order valence-corrected chi connectivity index (χ3v) is 3.69. The van der Waals surface area contributed by atoms with Crippen molar-refractivity contribution in [3.8, 4) is 0 Å². The molecule has 0 aromatic heterocycles. The molecule has 1 aromatic rings. The molecular formula is C10H12FNOS. The summed E-state index contributed by atoms with van der Waals surface area (Å²) in [5.41, 5.74) is 5.98. The van der Waals surface area contributed by atoms with Gasteiger partial charge in [-0.15, -0.1) is 11.8 Å². The molecule has 1 aliphatic heterocycles. The molecule has 0 amide bonds. The molecule has 1 heterocycles. The summed E-state index contributed by atoms with van der Waals surface area (Å²) in [6.07, 6.45) is 0.685. The average Bonchev–Trinajstić information content (AvgIpc) is 2.20. The molecule has 0 saturated carbocycles. The second-order valence-corrected chi connectivity index (χ2v) is 4.63. The third-order valence-electron chi connectivity index (χ3n) is 2.58. The largest absolute Gasteiger partial charge is 0.394 e. The van der Waals surface area contributed by atoms with Gasteiger partial charge < -0.3 is 10.8 Å². The highest BCUT2D eigenvalue weighted by Gasteiger charge is 2.33. The lowest BCUT2D eigenvalue weighted by Crippen LogP contribution is -2.43. The highest BCUT2D eigenvalue weighted by molar-refractivity contribution is 7.99. The van der Waals surface area contributed by atoms with Gasteiger partial charge in [-0.1, -0.05) is 12.1 Å². The van der Waals surface area contributed by atoms with Crippen molar-refractivity contribution < 1.29 is 9.50 Å². The van der Waals surface area contributed by atoms with Crippen molar-refractivity contribution in [2.75, 3.05) is 12.4 Å². The number of aliphatic hydroxyl groups is 1. The summed E-state index contributed by atoms with van der Waals surface area (Å²) >= 11 is 1.47. The molecule has 0 saturated heterocycles. The van der Waals surface area contributed by atoms with Crippen molar-refractivity contribution in [2.24, 2.45) is 5.73 Å². The van der Waals surface area contributed by atoms with Crippen LogP contribution in [0.25, 0.3) is 0 Å². The molecule has 1 aromatic carbocycles. The van der Waals surface area contributed by atoms with Gasteiger partial charge in [0.2, 0.25) is 0 Å². The summed E-state index contributed by atoms with van der Waals surface area (Å²) in [5.74, 6) is 0.515. The molecule has 3 N–H and O–H groups in total. The van der Waals surface area contributed by atoms with E-state index in [2.05, 4.69) is 0 Å². The molecule has 14 heavy (non-hydrogen) atoms. The fraction of sp³-hybridized carbons (Fsp3) is 0.400. The standard InChI is InChI=1S/C10H12FNOS/c11-8-3-1-2-7-9(8)14-5-4-10(7,12)6-13/h1-3,13H,4-6,12H2/t10-/m0/s1. The van der Waals surface area contributed by atoms with Crippen LogP contribution in [0.4, 0.5) is 4.39 Å². The minimum atomic E-state index is -0.761. The van der Waals surface area contributed by atoms with Crippen molar-refractivity contribution in [1.29, 1.82) is 0 Å². The van der Waals surface area contributed by atoms with E-state index in [1.54, 1.807) is 12.1 Å². The van der Waals surface area contributed by atoms with Crippen LogP contribution in [0, 0.1) is 5.82 Å². The number of hydrogen-bond acceptors (Lipinski definition) is 3. The molecule has 0 bridgehead atoms. The van der Waals surface area contributed by atoms with Crippen LogP contribution in [-0.2, 0) is 5.54 Å². The Morgan fingerprint density at radius 2 is 2.36 bits per heavy atom. The second kappa shape index (κ2) is 3.53. The molecule has 0 spiro atoms. The first-order valence-corrected chi connectivity index (χ1v) is 5.47. The van der Waals surface area contributed by atoms with E-state index < -0.39 is 5.54 Å². The van der Waals surface area contributed by atoms with Crippen LogP contribution >= 0.6 is 11.8 Å². The van der Waals surface area contributed by atoms with Crippen LogP contribution in [0.2, 0.25) is 0 Å². The summed E-state index contributed by atoms with van der Waals surface area (Å²) in [6, 6.07) is 4.85. The van der Waals surface area contributed by atoms with E-state index in [4.69, 9.17) is 5.73 Å². The van der Waals surface area contributed by atoms with Crippen molar-refractivity contribution in [1.82, 2.24) is 0 Å². The molecule has 0 unspecified atom stereocenters. The first-order valence-electron chi connectivity index (χ1n) is 4.49. The molecule has 76 valence electrons. The Labute approximate surface area is 86.3 Å². The van der Waals surface area contributed by atoms with E-state index in [1.807, 2.05) is 0 Å². The Morgan fingerprint density at radius 1 is 1.57 bits per heavy atom. The van der Waals surface area contributed by atoms with E-state index >= 15 is 0 Å². The van der Waals surface area contributed by atoms with Gasteiger partial charge in [-0.05, 0) is 18.1 Å². The zero-order valence-corrected chi connectivity index (χ0v) is 8.48. The Bertz CT molecular complexity index is 358. The fourth-order valence-electron chi connectivity index (χ4n) is 1.68. The van der Waals surface area contributed by atoms with Gasteiger partial charge in [-0.3, -0.25) is 0 Å². The van der Waals surface area contributed by atoms with Crippen molar-refractivity contribution >= 4 is 11.8 Å². The Hall–Kier alpha value is -0.580. The van der Waals surface area contributed by atoms with Crippen LogP contribution in [0.1, 0.15) is 12.0 Å². The average molecular weight is 213 g/mol. The number of halogens is 1. The van der Waals surface area contributed by atoms with Crippen LogP contribution in [0.5, 0.6) is 0 Å². The molecule has 1 aliphatic rings. The topological polar surface area (TPSA) is 46.2 Å². The van der Waals surface area contributed by atoms with E-state index in [0.717, 1.165) is 11.3 Å². The van der Waals surface area contributed by atoms with Crippen molar-refractivity contribution in [2.45, 2.75) is 16.9 Å². The van der Waals surface area contributed by atoms with Crippen LogP contribution < -0.4 is 5.73 Å².